The minimum Gasteiger partial charge on any atom is -0.444 e. The summed E-state index contributed by atoms with van der Waals surface area (Å²) in [5.41, 5.74) is -0.534. The largest absolute Gasteiger partial charge is 0.444 e. The second kappa shape index (κ2) is 8.72. The summed E-state index contributed by atoms with van der Waals surface area (Å²) in [6.45, 7) is 8.41. The van der Waals surface area contributed by atoms with Gasteiger partial charge in [0.25, 0.3) is 0 Å². The fourth-order valence-corrected chi connectivity index (χ4v) is 4.14. The topological polar surface area (TPSA) is 79.0 Å². The predicted molar refractivity (Wildman–Crippen MR) is 101 cm³/mol. The van der Waals surface area contributed by atoms with E-state index in [1.807, 2.05) is 20.8 Å². The number of piperazine rings is 1. The number of nitrogens with one attached hydrogen (secondary N) is 1. The van der Waals surface area contributed by atoms with Crippen LogP contribution in [0, 0.1) is 5.82 Å². The molecule has 0 saturated carbocycles. The number of carbonyl (C=O) groups is 1. The molecule has 152 valence electrons. The molecule has 1 aromatic carbocycles. The third-order valence-electron chi connectivity index (χ3n) is 3.93. The van der Waals surface area contributed by atoms with Gasteiger partial charge in [-0.3, -0.25) is 4.90 Å². The van der Waals surface area contributed by atoms with Crippen molar-refractivity contribution in [3.63, 3.8) is 0 Å². The van der Waals surface area contributed by atoms with E-state index in [1.54, 1.807) is 4.90 Å². The van der Waals surface area contributed by atoms with Gasteiger partial charge in [0.05, 0.1) is 5.02 Å². The van der Waals surface area contributed by atoms with Gasteiger partial charge in [0.1, 0.15) is 16.3 Å². The first-order chi connectivity index (χ1) is 12.5. The van der Waals surface area contributed by atoms with Gasteiger partial charge in [0.15, 0.2) is 0 Å². The van der Waals surface area contributed by atoms with Crippen molar-refractivity contribution in [2.75, 3.05) is 39.3 Å². The summed E-state index contributed by atoms with van der Waals surface area (Å²) < 4.78 is 45.4. The van der Waals surface area contributed by atoms with Crippen LogP contribution in [0.25, 0.3) is 0 Å². The molecule has 10 heteroatoms. The smallest absolute Gasteiger partial charge is 0.410 e. The van der Waals surface area contributed by atoms with E-state index in [9.17, 15) is 17.6 Å². The van der Waals surface area contributed by atoms with Crippen molar-refractivity contribution in [1.82, 2.24) is 14.5 Å². The maximum absolute atomic E-state index is 13.1. The number of carbonyl (C=O) groups excluding carboxylic acids is 1. The average molecular weight is 422 g/mol. The van der Waals surface area contributed by atoms with E-state index >= 15 is 0 Å². The molecule has 0 radical (unpaired) electrons. The summed E-state index contributed by atoms with van der Waals surface area (Å²) >= 11 is 5.81. The lowest BCUT2D eigenvalue weighted by atomic mass is 10.2. The number of halogens is 2. The van der Waals surface area contributed by atoms with Gasteiger partial charge in [-0.2, -0.15) is 0 Å². The monoisotopic (exact) mass is 421 g/mol. The molecule has 0 spiro atoms. The van der Waals surface area contributed by atoms with Gasteiger partial charge in [0, 0.05) is 39.3 Å². The first-order valence-corrected chi connectivity index (χ1v) is 10.5. The molecule has 2 rings (SSSR count). The van der Waals surface area contributed by atoms with Crippen LogP contribution in [0.4, 0.5) is 9.18 Å². The summed E-state index contributed by atoms with van der Waals surface area (Å²) in [5.74, 6) is -0.596. The van der Waals surface area contributed by atoms with Crippen LogP contribution in [0.3, 0.4) is 0 Å². The molecule has 1 aliphatic rings. The van der Waals surface area contributed by atoms with Crippen molar-refractivity contribution in [2.24, 2.45) is 0 Å². The molecular weight excluding hydrogens is 397 g/mol. The predicted octanol–water partition coefficient (Wildman–Crippen LogP) is 2.31. The minimum atomic E-state index is -3.81. The highest BCUT2D eigenvalue weighted by atomic mass is 35.5. The molecule has 1 N–H and O–H groups in total. The van der Waals surface area contributed by atoms with Crippen LogP contribution >= 0.6 is 11.6 Å². The fraction of sp³-hybridized carbons (Fsp3) is 0.588. The van der Waals surface area contributed by atoms with E-state index in [2.05, 4.69) is 9.62 Å². The number of benzene rings is 1. The molecule has 1 aromatic rings. The molecule has 1 heterocycles. The Balaban J connectivity index is 1.79. The zero-order chi connectivity index (χ0) is 20.2. The van der Waals surface area contributed by atoms with Gasteiger partial charge < -0.3 is 9.64 Å². The second-order valence-electron chi connectivity index (χ2n) is 7.28. The van der Waals surface area contributed by atoms with Crippen LogP contribution in [0.15, 0.2) is 23.1 Å². The molecule has 1 saturated heterocycles. The first-order valence-electron chi connectivity index (χ1n) is 8.63. The van der Waals surface area contributed by atoms with Crippen molar-refractivity contribution in [3.05, 3.63) is 29.0 Å². The number of rotatable bonds is 5. The number of amides is 1. The summed E-state index contributed by atoms with van der Waals surface area (Å²) in [4.78, 5) is 15.6. The maximum Gasteiger partial charge on any atom is 0.410 e. The average Bonchev–Trinajstić information content (AvgIpc) is 2.53. The number of sulfonamides is 1. The lowest BCUT2D eigenvalue weighted by Gasteiger charge is -2.35. The summed E-state index contributed by atoms with van der Waals surface area (Å²) in [6, 6.07) is 3.15. The summed E-state index contributed by atoms with van der Waals surface area (Å²) in [7, 11) is -3.81. The van der Waals surface area contributed by atoms with Crippen LogP contribution in [0.5, 0.6) is 0 Å². The Morgan fingerprint density at radius 2 is 1.89 bits per heavy atom. The van der Waals surface area contributed by atoms with E-state index in [0.717, 1.165) is 18.2 Å². The Morgan fingerprint density at radius 1 is 1.26 bits per heavy atom. The molecule has 0 aromatic heterocycles. The molecule has 0 atom stereocenters. The van der Waals surface area contributed by atoms with Gasteiger partial charge in [-0.1, -0.05) is 11.6 Å². The number of nitrogens with zero attached hydrogens (tertiary/aromatic N) is 2. The van der Waals surface area contributed by atoms with E-state index in [0.29, 0.717) is 32.7 Å². The highest BCUT2D eigenvalue weighted by Crippen LogP contribution is 2.21. The van der Waals surface area contributed by atoms with E-state index in [4.69, 9.17) is 16.3 Å². The molecule has 1 amide bonds. The highest BCUT2D eigenvalue weighted by Gasteiger charge is 2.26. The van der Waals surface area contributed by atoms with Gasteiger partial charge in [-0.15, -0.1) is 0 Å². The Kier molecular flexibility index (Phi) is 7.07. The van der Waals surface area contributed by atoms with Gasteiger partial charge in [0.2, 0.25) is 10.0 Å². The van der Waals surface area contributed by atoms with Crippen LogP contribution in [-0.2, 0) is 14.8 Å². The minimum absolute atomic E-state index is 0.152. The van der Waals surface area contributed by atoms with E-state index < -0.39 is 21.4 Å². The van der Waals surface area contributed by atoms with Crippen LogP contribution in [-0.4, -0.2) is 69.2 Å². The van der Waals surface area contributed by atoms with Crippen LogP contribution < -0.4 is 4.72 Å². The van der Waals surface area contributed by atoms with Crippen molar-refractivity contribution < 1.29 is 22.3 Å². The quantitative estimate of drug-likeness (QED) is 0.789. The lowest BCUT2D eigenvalue weighted by Crippen LogP contribution is -2.51. The van der Waals surface area contributed by atoms with Crippen LogP contribution in [0.2, 0.25) is 5.02 Å². The Bertz CT molecular complexity index is 775. The molecular formula is C17H25ClFN3O4S. The molecule has 0 bridgehead atoms. The first kappa shape index (κ1) is 21.9. The summed E-state index contributed by atoms with van der Waals surface area (Å²) in [6.07, 6.45) is -0.339. The zero-order valence-corrected chi connectivity index (χ0v) is 17.2. The SMILES string of the molecule is CC(C)(C)OC(=O)N1CCN(CCNS(=O)(=O)c2ccc(F)cc2Cl)CC1. The number of hydrogen-bond acceptors (Lipinski definition) is 5. The lowest BCUT2D eigenvalue weighted by molar-refractivity contribution is 0.0147. The highest BCUT2D eigenvalue weighted by molar-refractivity contribution is 7.89. The Morgan fingerprint density at radius 3 is 2.44 bits per heavy atom. The molecule has 1 fully saturated rings. The molecule has 1 aliphatic heterocycles. The number of ether oxygens (including phenoxy) is 1. The maximum atomic E-state index is 13.1. The third-order valence-corrected chi connectivity index (χ3v) is 5.87. The standard InChI is InChI=1S/C17H25ClFN3O4S/c1-17(2,3)26-16(23)22-10-8-21(9-11-22)7-6-20-27(24,25)15-5-4-13(19)12-14(15)18/h4-5,12,20H,6-11H2,1-3H3. The molecule has 0 aliphatic carbocycles. The zero-order valence-electron chi connectivity index (χ0n) is 15.7. The van der Waals surface area contributed by atoms with Gasteiger partial charge in [-0.05, 0) is 39.0 Å². The van der Waals surface area contributed by atoms with E-state index in [-0.39, 0.29) is 22.6 Å². The Hall–Kier alpha value is -1.42. The van der Waals surface area contributed by atoms with Crippen molar-refractivity contribution >= 4 is 27.7 Å². The molecule has 27 heavy (non-hydrogen) atoms. The Labute approximate surface area is 164 Å². The fourth-order valence-electron chi connectivity index (χ4n) is 2.59. The second-order valence-corrected chi connectivity index (χ2v) is 9.42. The van der Waals surface area contributed by atoms with Gasteiger partial charge >= 0.3 is 6.09 Å². The van der Waals surface area contributed by atoms with E-state index in [1.165, 1.54) is 0 Å². The normalized spacial score (nSPS) is 16.4. The summed E-state index contributed by atoms with van der Waals surface area (Å²) in [5, 5.41) is -0.159. The van der Waals surface area contributed by atoms with Crippen molar-refractivity contribution in [2.45, 2.75) is 31.3 Å². The molecule has 0 unspecified atom stereocenters. The number of hydrogen-bond donors (Lipinski definition) is 1. The van der Waals surface area contributed by atoms with Crippen LogP contribution in [0.1, 0.15) is 20.8 Å². The molecule has 7 nitrogen and oxygen atoms in total. The van der Waals surface area contributed by atoms with Gasteiger partial charge in [-0.25, -0.2) is 22.3 Å². The van der Waals surface area contributed by atoms with Crippen molar-refractivity contribution in [1.29, 1.82) is 0 Å². The third kappa shape index (κ3) is 6.60. The van der Waals surface area contributed by atoms with Crippen molar-refractivity contribution in [3.8, 4) is 0 Å².